The number of nitrogens with zero attached hydrogens (tertiary/aromatic N) is 1. The highest BCUT2D eigenvalue weighted by molar-refractivity contribution is 5.39. The van der Waals surface area contributed by atoms with Crippen LogP contribution >= 0.6 is 0 Å². The van der Waals surface area contributed by atoms with Gasteiger partial charge in [-0.15, -0.1) is 0 Å². The van der Waals surface area contributed by atoms with E-state index in [4.69, 9.17) is 10.00 Å². The Morgan fingerprint density at radius 3 is 3.12 bits per heavy atom. The summed E-state index contributed by atoms with van der Waals surface area (Å²) in [6, 6.07) is 8.02. The van der Waals surface area contributed by atoms with Gasteiger partial charge in [0.15, 0.2) is 0 Å². The van der Waals surface area contributed by atoms with E-state index in [1.165, 1.54) is 5.56 Å². The van der Waals surface area contributed by atoms with Gasteiger partial charge in [-0.25, -0.2) is 0 Å². The molecular weight excluding hydrogens is 214 g/mol. The summed E-state index contributed by atoms with van der Waals surface area (Å²) in [5, 5.41) is 18.1. The first-order valence-electron chi connectivity index (χ1n) is 6.12. The van der Waals surface area contributed by atoms with Gasteiger partial charge in [0, 0.05) is 6.42 Å². The summed E-state index contributed by atoms with van der Waals surface area (Å²) >= 11 is 0. The molecule has 1 unspecified atom stereocenters. The van der Waals surface area contributed by atoms with Gasteiger partial charge >= 0.3 is 0 Å². The monoisotopic (exact) mass is 231 g/mol. The zero-order chi connectivity index (χ0) is 12.1. The third kappa shape index (κ3) is 2.98. The van der Waals surface area contributed by atoms with Gasteiger partial charge in [-0.1, -0.05) is 6.07 Å². The first kappa shape index (κ1) is 11.9. The molecule has 0 radical (unpaired) electrons. The molecule has 0 aliphatic heterocycles. The van der Waals surface area contributed by atoms with Crippen LogP contribution in [0.3, 0.4) is 0 Å². The van der Waals surface area contributed by atoms with E-state index in [-0.39, 0.29) is 6.10 Å². The fourth-order valence-corrected chi connectivity index (χ4v) is 2.16. The van der Waals surface area contributed by atoms with Gasteiger partial charge in [0.1, 0.15) is 5.75 Å². The van der Waals surface area contributed by atoms with Gasteiger partial charge < -0.3 is 9.84 Å². The molecule has 0 fully saturated rings. The Labute approximate surface area is 102 Å². The zero-order valence-electron chi connectivity index (χ0n) is 9.85. The van der Waals surface area contributed by atoms with Crippen LogP contribution < -0.4 is 4.74 Å². The Balaban J connectivity index is 1.85. The summed E-state index contributed by atoms with van der Waals surface area (Å²) in [5.74, 6) is 0.870. The first-order valence-corrected chi connectivity index (χ1v) is 6.12. The Bertz CT molecular complexity index is 423. The number of hydrogen-bond donors (Lipinski definition) is 1. The van der Waals surface area contributed by atoms with Gasteiger partial charge in [0.05, 0.1) is 18.8 Å². The molecule has 1 N–H and O–H groups in total. The maximum absolute atomic E-state index is 9.67. The topological polar surface area (TPSA) is 53.2 Å². The van der Waals surface area contributed by atoms with Gasteiger partial charge in [-0.2, -0.15) is 5.26 Å². The molecule has 1 atom stereocenters. The average Bonchev–Trinajstić information content (AvgIpc) is 2.71. The van der Waals surface area contributed by atoms with Crippen LogP contribution in [-0.4, -0.2) is 11.7 Å². The van der Waals surface area contributed by atoms with Crippen LogP contribution in [0.5, 0.6) is 5.75 Å². The van der Waals surface area contributed by atoms with Crippen LogP contribution in [0.15, 0.2) is 18.2 Å². The molecule has 3 nitrogen and oxygen atoms in total. The Hall–Kier alpha value is -1.53. The molecule has 0 saturated carbocycles. The van der Waals surface area contributed by atoms with Crippen molar-refractivity contribution < 1.29 is 9.84 Å². The minimum atomic E-state index is -0.297. The second-order valence-corrected chi connectivity index (χ2v) is 4.38. The lowest BCUT2D eigenvalue weighted by Gasteiger charge is -2.08. The van der Waals surface area contributed by atoms with Crippen molar-refractivity contribution in [3.63, 3.8) is 0 Å². The van der Waals surface area contributed by atoms with Crippen molar-refractivity contribution in [2.45, 2.75) is 38.2 Å². The normalized spacial score (nSPS) is 17.5. The van der Waals surface area contributed by atoms with Crippen LogP contribution in [0.4, 0.5) is 0 Å². The van der Waals surface area contributed by atoms with Crippen LogP contribution in [0.2, 0.25) is 0 Å². The van der Waals surface area contributed by atoms with Gasteiger partial charge in [0.2, 0.25) is 0 Å². The number of aryl methyl sites for hydroxylation is 1. The second-order valence-electron chi connectivity index (χ2n) is 4.38. The largest absolute Gasteiger partial charge is 0.494 e. The minimum Gasteiger partial charge on any atom is -0.494 e. The zero-order valence-corrected chi connectivity index (χ0v) is 9.85. The lowest BCUT2D eigenvalue weighted by molar-refractivity contribution is 0.180. The molecule has 0 spiro atoms. The minimum absolute atomic E-state index is 0.297. The lowest BCUT2D eigenvalue weighted by atomic mass is 10.1. The number of aliphatic hydroxyl groups excluding tert-OH is 1. The fraction of sp³-hybridized carbons (Fsp3) is 0.500. The molecule has 0 heterocycles. The number of aliphatic hydroxyl groups is 1. The summed E-state index contributed by atoms with van der Waals surface area (Å²) in [7, 11) is 0. The Morgan fingerprint density at radius 2 is 2.29 bits per heavy atom. The predicted octanol–water partition coefficient (Wildman–Crippen LogP) is 2.74. The number of benzene rings is 1. The van der Waals surface area contributed by atoms with Crippen molar-refractivity contribution in [1.29, 1.82) is 5.26 Å². The maximum Gasteiger partial charge on any atom is 0.119 e. The van der Waals surface area contributed by atoms with E-state index < -0.39 is 0 Å². The molecule has 1 aliphatic rings. The van der Waals surface area contributed by atoms with E-state index in [1.54, 1.807) is 0 Å². The quantitative estimate of drug-likeness (QED) is 0.793. The SMILES string of the molecule is N#CCCCCOc1ccc2c(c1)CCC2O. The first-order chi connectivity index (χ1) is 8.31. The highest BCUT2D eigenvalue weighted by Crippen LogP contribution is 2.33. The molecule has 0 bridgehead atoms. The number of rotatable bonds is 5. The van der Waals surface area contributed by atoms with Crippen molar-refractivity contribution in [3.8, 4) is 11.8 Å². The van der Waals surface area contributed by atoms with Crippen molar-refractivity contribution in [3.05, 3.63) is 29.3 Å². The molecule has 17 heavy (non-hydrogen) atoms. The third-order valence-corrected chi connectivity index (χ3v) is 3.11. The van der Waals surface area contributed by atoms with E-state index in [0.717, 1.165) is 37.0 Å². The maximum atomic E-state index is 9.67. The standard InChI is InChI=1S/C14H17NO2/c15-8-2-1-3-9-17-12-5-6-13-11(10-12)4-7-14(13)16/h5-6,10,14,16H,1-4,7,9H2. The van der Waals surface area contributed by atoms with Crippen LogP contribution in [0.25, 0.3) is 0 Å². The summed E-state index contributed by atoms with van der Waals surface area (Å²) in [5.41, 5.74) is 2.24. The lowest BCUT2D eigenvalue weighted by Crippen LogP contribution is -1.98. The predicted molar refractivity (Wildman–Crippen MR) is 64.7 cm³/mol. The summed E-state index contributed by atoms with van der Waals surface area (Å²) in [6.07, 6.45) is 3.85. The van der Waals surface area contributed by atoms with Gasteiger partial charge in [-0.05, 0) is 48.9 Å². The van der Waals surface area contributed by atoms with Crippen LogP contribution in [-0.2, 0) is 6.42 Å². The van der Waals surface area contributed by atoms with E-state index in [0.29, 0.717) is 13.0 Å². The molecule has 1 aromatic rings. The number of unbranched alkanes of at least 4 members (excludes halogenated alkanes) is 2. The molecule has 0 aromatic heterocycles. The molecule has 90 valence electrons. The van der Waals surface area contributed by atoms with E-state index in [1.807, 2.05) is 18.2 Å². The van der Waals surface area contributed by atoms with Gasteiger partial charge in [-0.3, -0.25) is 0 Å². The number of hydrogen-bond acceptors (Lipinski definition) is 3. The van der Waals surface area contributed by atoms with Gasteiger partial charge in [0.25, 0.3) is 0 Å². The Morgan fingerprint density at radius 1 is 1.41 bits per heavy atom. The second kappa shape index (κ2) is 5.70. The van der Waals surface area contributed by atoms with Crippen molar-refractivity contribution in [1.82, 2.24) is 0 Å². The summed E-state index contributed by atoms with van der Waals surface area (Å²) < 4.78 is 5.62. The number of ether oxygens (including phenoxy) is 1. The van der Waals surface area contributed by atoms with E-state index >= 15 is 0 Å². The molecular formula is C14H17NO2. The number of nitriles is 1. The molecule has 3 heteroatoms. The van der Waals surface area contributed by atoms with E-state index in [9.17, 15) is 5.11 Å². The molecule has 0 amide bonds. The van der Waals surface area contributed by atoms with Crippen molar-refractivity contribution in [2.24, 2.45) is 0 Å². The highest BCUT2D eigenvalue weighted by Gasteiger charge is 2.20. The summed E-state index contributed by atoms with van der Waals surface area (Å²) in [4.78, 5) is 0. The molecule has 0 saturated heterocycles. The Kier molecular flexibility index (Phi) is 4.00. The number of fused-ring (bicyclic) bond motifs is 1. The fourth-order valence-electron chi connectivity index (χ4n) is 2.16. The van der Waals surface area contributed by atoms with E-state index in [2.05, 4.69) is 6.07 Å². The molecule has 2 rings (SSSR count). The highest BCUT2D eigenvalue weighted by atomic mass is 16.5. The summed E-state index contributed by atoms with van der Waals surface area (Å²) in [6.45, 7) is 0.656. The smallest absolute Gasteiger partial charge is 0.119 e. The molecule has 1 aliphatic carbocycles. The van der Waals surface area contributed by atoms with Crippen LogP contribution in [0, 0.1) is 11.3 Å². The van der Waals surface area contributed by atoms with Crippen molar-refractivity contribution >= 4 is 0 Å². The van der Waals surface area contributed by atoms with Crippen LogP contribution in [0.1, 0.15) is 42.9 Å². The average molecular weight is 231 g/mol. The third-order valence-electron chi connectivity index (χ3n) is 3.11. The van der Waals surface area contributed by atoms with Crippen molar-refractivity contribution in [2.75, 3.05) is 6.61 Å². The molecule has 1 aromatic carbocycles.